The number of hydrogen-bond donors (Lipinski definition) is 2. The third-order valence-electron chi connectivity index (χ3n) is 3.85. The first-order chi connectivity index (χ1) is 12.7. The molecule has 2 aromatic carbocycles. The van der Waals surface area contributed by atoms with E-state index in [1.54, 1.807) is 0 Å². The highest BCUT2D eigenvalue weighted by atomic mass is 32.2. The summed E-state index contributed by atoms with van der Waals surface area (Å²) in [4.78, 5) is 12.0. The highest BCUT2D eigenvalue weighted by Gasteiger charge is 2.09. The Kier molecular flexibility index (Phi) is 9.07. The molecule has 1 atom stereocenters. The fourth-order valence-electron chi connectivity index (χ4n) is 2.37. The molecule has 0 saturated carbocycles. The van der Waals surface area contributed by atoms with E-state index in [1.165, 1.54) is 11.8 Å². The lowest BCUT2D eigenvalue weighted by Crippen LogP contribution is -2.25. The average Bonchev–Trinajstić information content (AvgIpc) is 2.67. The Hall–Kier alpha value is -1.98. The second-order valence-corrected chi connectivity index (χ2v) is 7.10. The lowest BCUT2D eigenvalue weighted by atomic mass is 10.1. The second-order valence-electron chi connectivity index (χ2n) is 6.07. The van der Waals surface area contributed by atoms with Crippen molar-refractivity contribution >= 4 is 17.7 Å². The van der Waals surface area contributed by atoms with Gasteiger partial charge < -0.3 is 15.2 Å². The molecule has 2 N–H and O–H groups in total. The quantitative estimate of drug-likeness (QED) is 0.586. The number of unbranched alkanes of at least 4 members (excludes halogenated alkanes) is 1. The zero-order valence-electron chi connectivity index (χ0n) is 15.2. The molecular formula is C21H27NO3S. The first-order valence-corrected chi connectivity index (χ1v) is 10.1. The van der Waals surface area contributed by atoms with Crippen molar-refractivity contribution in [1.82, 2.24) is 5.32 Å². The van der Waals surface area contributed by atoms with Gasteiger partial charge in [-0.3, -0.25) is 4.79 Å². The molecule has 2 aromatic rings. The number of carbonyl (C=O) groups excluding carboxylic acids is 1. The molecule has 26 heavy (non-hydrogen) atoms. The number of rotatable bonds is 11. The minimum Gasteiger partial charge on any atom is -0.494 e. The molecule has 1 unspecified atom stereocenters. The van der Waals surface area contributed by atoms with Crippen LogP contribution >= 0.6 is 11.8 Å². The molecule has 0 aliphatic rings. The SMILES string of the molecule is CCCCOc1cccc(CNC(=O)CSCC(O)c2ccccc2)c1. The number of amides is 1. The first kappa shape index (κ1) is 20.3. The van der Waals surface area contributed by atoms with Crippen LogP contribution in [0.1, 0.15) is 37.0 Å². The first-order valence-electron chi connectivity index (χ1n) is 8.98. The van der Waals surface area contributed by atoms with E-state index < -0.39 is 6.10 Å². The van der Waals surface area contributed by atoms with Gasteiger partial charge in [0.05, 0.1) is 18.5 Å². The van der Waals surface area contributed by atoms with Crippen LogP contribution in [-0.4, -0.2) is 29.1 Å². The van der Waals surface area contributed by atoms with Crippen molar-refractivity contribution in [3.05, 3.63) is 65.7 Å². The number of aliphatic hydroxyl groups is 1. The van der Waals surface area contributed by atoms with E-state index in [0.717, 1.165) is 29.7 Å². The van der Waals surface area contributed by atoms with Crippen molar-refractivity contribution in [3.8, 4) is 5.75 Å². The highest BCUT2D eigenvalue weighted by Crippen LogP contribution is 2.18. The molecule has 5 heteroatoms. The summed E-state index contributed by atoms with van der Waals surface area (Å²) in [5.74, 6) is 1.63. The van der Waals surface area contributed by atoms with Crippen molar-refractivity contribution in [2.45, 2.75) is 32.4 Å². The maximum atomic E-state index is 12.0. The van der Waals surface area contributed by atoms with Crippen LogP contribution in [0.15, 0.2) is 54.6 Å². The molecule has 0 aliphatic carbocycles. The van der Waals surface area contributed by atoms with E-state index in [1.807, 2.05) is 54.6 Å². The Morgan fingerprint density at radius 2 is 2.00 bits per heavy atom. The summed E-state index contributed by atoms with van der Waals surface area (Å²) < 4.78 is 5.68. The van der Waals surface area contributed by atoms with Crippen LogP contribution in [0.3, 0.4) is 0 Å². The Morgan fingerprint density at radius 3 is 2.77 bits per heavy atom. The fourth-order valence-corrected chi connectivity index (χ4v) is 3.19. The molecule has 1 amide bonds. The van der Waals surface area contributed by atoms with Crippen LogP contribution in [0.2, 0.25) is 0 Å². The topological polar surface area (TPSA) is 58.6 Å². The zero-order chi connectivity index (χ0) is 18.6. The smallest absolute Gasteiger partial charge is 0.230 e. The van der Waals surface area contributed by atoms with Gasteiger partial charge in [0.15, 0.2) is 0 Å². The molecule has 2 rings (SSSR count). The minimum absolute atomic E-state index is 0.0347. The number of hydrogen-bond acceptors (Lipinski definition) is 4. The monoisotopic (exact) mass is 373 g/mol. The summed E-state index contributed by atoms with van der Waals surface area (Å²) in [7, 11) is 0. The molecule has 0 aromatic heterocycles. The van der Waals surface area contributed by atoms with Crippen LogP contribution in [0.5, 0.6) is 5.75 Å². The minimum atomic E-state index is -0.550. The van der Waals surface area contributed by atoms with Gasteiger partial charge in [0.2, 0.25) is 5.91 Å². The van der Waals surface area contributed by atoms with Gasteiger partial charge >= 0.3 is 0 Å². The van der Waals surface area contributed by atoms with Crippen LogP contribution in [0, 0.1) is 0 Å². The second kappa shape index (κ2) is 11.6. The number of thioether (sulfide) groups is 1. The van der Waals surface area contributed by atoms with Gasteiger partial charge in [0.25, 0.3) is 0 Å². The third-order valence-corrected chi connectivity index (χ3v) is 4.87. The molecular weight excluding hydrogens is 346 g/mol. The van der Waals surface area contributed by atoms with Crippen LogP contribution in [-0.2, 0) is 11.3 Å². The van der Waals surface area contributed by atoms with Gasteiger partial charge in [0, 0.05) is 12.3 Å². The van der Waals surface area contributed by atoms with Crippen LogP contribution < -0.4 is 10.1 Å². The standard InChI is InChI=1S/C21H27NO3S/c1-2-3-12-25-19-11-7-8-17(13-19)14-22-21(24)16-26-15-20(23)18-9-5-4-6-10-18/h4-11,13,20,23H,2-3,12,14-16H2,1H3,(H,22,24). The fraction of sp³-hybridized carbons (Fsp3) is 0.381. The van der Waals surface area contributed by atoms with E-state index >= 15 is 0 Å². The van der Waals surface area contributed by atoms with Crippen molar-refractivity contribution in [3.63, 3.8) is 0 Å². The molecule has 0 bridgehead atoms. The third kappa shape index (κ3) is 7.50. The summed E-state index contributed by atoms with van der Waals surface area (Å²) in [6.07, 6.45) is 1.59. The molecule has 0 spiro atoms. The summed E-state index contributed by atoms with van der Waals surface area (Å²) >= 11 is 1.43. The molecule has 0 radical (unpaired) electrons. The van der Waals surface area contributed by atoms with Gasteiger partial charge in [0.1, 0.15) is 5.75 Å². The Morgan fingerprint density at radius 1 is 1.19 bits per heavy atom. The highest BCUT2D eigenvalue weighted by molar-refractivity contribution is 7.99. The van der Waals surface area contributed by atoms with E-state index in [4.69, 9.17) is 4.74 Å². The van der Waals surface area contributed by atoms with Gasteiger partial charge in [-0.05, 0) is 29.7 Å². The maximum Gasteiger partial charge on any atom is 0.230 e. The van der Waals surface area contributed by atoms with Crippen molar-refractivity contribution < 1.29 is 14.6 Å². The van der Waals surface area contributed by atoms with E-state index in [0.29, 0.717) is 24.7 Å². The number of ether oxygens (including phenoxy) is 1. The summed E-state index contributed by atoms with van der Waals surface area (Å²) in [6, 6.07) is 17.3. The van der Waals surface area contributed by atoms with E-state index in [9.17, 15) is 9.90 Å². The van der Waals surface area contributed by atoms with Crippen molar-refractivity contribution in [2.24, 2.45) is 0 Å². The lowest BCUT2D eigenvalue weighted by Gasteiger charge is -2.11. The lowest BCUT2D eigenvalue weighted by molar-refractivity contribution is -0.118. The van der Waals surface area contributed by atoms with Crippen molar-refractivity contribution in [1.29, 1.82) is 0 Å². The van der Waals surface area contributed by atoms with Crippen LogP contribution in [0.25, 0.3) is 0 Å². The number of carbonyl (C=O) groups is 1. The molecule has 0 fully saturated rings. The molecule has 0 saturated heterocycles. The predicted octanol–water partition coefficient (Wildman–Crippen LogP) is 3.95. The number of aliphatic hydroxyl groups excluding tert-OH is 1. The number of benzene rings is 2. The predicted molar refractivity (Wildman–Crippen MR) is 107 cm³/mol. The molecule has 0 aliphatic heterocycles. The Balaban J connectivity index is 1.67. The van der Waals surface area contributed by atoms with Crippen molar-refractivity contribution in [2.75, 3.05) is 18.1 Å². The van der Waals surface area contributed by atoms with Crippen LogP contribution in [0.4, 0.5) is 0 Å². The average molecular weight is 374 g/mol. The van der Waals surface area contributed by atoms with E-state index in [2.05, 4.69) is 12.2 Å². The Bertz CT molecular complexity index is 663. The largest absolute Gasteiger partial charge is 0.494 e. The van der Waals surface area contributed by atoms with Gasteiger partial charge in [-0.2, -0.15) is 0 Å². The summed E-state index contributed by atoms with van der Waals surface area (Å²) in [5, 5.41) is 13.0. The van der Waals surface area contributed by atoms with Gasteiger partial charge in [-0.25, -0.2) is 0 Å². The maximum absolute atomic E-state index is 12.0. The summed E-state index contributed by atoms with van der Waals surface area (Å²) in [5.41, 5.74) is 1.89. The molecule has 140 valence electrons. The van der Waals surface area contributed by atoms with E-state index in [-0.39, 0.29) is 5.91 Å². The number of nitrogens with one attached hydrogen (secondary N) is 1. The normalized spacial score (nSPS) is 11.8. The summed E-state index contributed by atoms with van der Waals surface area (Å²) in [6.45, 7) is 3.32. The zero-order valence-corrected chi connectivity index (χ0v) is 16.0. The van der Waals surface area contributed by atoms with Gasteiger partial charge in [-0.15, -0.1) is 11.8 Å². The van der Waals surface area contributed by atoms with Gasteiger partial charge in [-0.1, -0.05) is 55.8 Å². The Labute approximate surface area is 160 Å². The molecule has 0 heterocycles. The molecule has 4 nitrogen and oxygen atoms in total.